The molecule has 0 saturated carbocycles. The topological polar surface area (TPSA) is 67.2 Å². The summed E-state index contributed by atoms with van der Waals surface area (Å²) in [6.45, 7) is 4.48. The Balaban J connectivity index is 2.40. The highest BCUT2D eigenvalue weighted by Gasteiger charge is 2.12. The molecule has 0 unspecified atom stereocenters. The van der Waals surface area contributed by atoms with Crippen LogP contribution >= 0.6 is 15.9 Å². The molecule has 2 rings (SSSR count). The molecule has 4 N–H and O–H groups in total. The molecule has 0 heterocycles. The zero-order chi connectivity index (χ0) is 15.4. The Morgan fingerprint density at radius 1 is 1.19 bits per heavy atom. The fourth-order valence-electron chi connectivity index (χ4n) is 1.99. The van der Waals surface area contributed by atoms with E-state index in [4.69, 9.17) is 5.73 Å². The highest BCUT2D eigenvalue weighted by atomic mass is 79.9. The summed E-state index contributed by atoms with van der Waals surface area (Å²) < 4.78 is 0.971. The second-order valence-corrected chi connectivity index (χ2v) is 5.66. The molecule has 0 aliphatic rings. The summed E-state index contributed by atoms with van der Waals surface area (Å²) in [5.74, 6) is -0.118. The van der Waals surface area contributed by atoms with Crippen LogP contribution < -0.4 is 16.4 Å². The van der Waals surface area contributed by atoms with Gasteiger partial charge in [0.25, 0.3) is 5.91 Å². The lowest BCUT2D eigenvalue weighted by Gasteiger charge is -2.14. The van der Waals surface area contributed by atoms with Crippen LogP contribution in [-0.2, 0) is 0 Å². The molecule has 110 valence electrons. The first kappa shape index (κ1) is 15.4. The average molecular weight is 348 g/mol. The van der Waals surface area contributed by atoms with Gasteiger partial charge in [-0.05, 0) is 49.7 Å². The molecule has 0 saturated heterocycles. The van der Waals surface area contributed by atoms with Gasteiger partial charge < -0.3 is 16.4 Å². The number of hydrogen-bond donors (Lipinski definition) is 3. The Morgan fingerprint density at radius 2 is 1.95 bits per heavy atom. The van der Waals surface area contributed by atoms with E-state index in [2.05, 4.69) is 26.6 Å². The van der Waals surface area contributed by atoms with Crippen molar-refractivity contribution >= 4 is 38.9 Å². The zero-order valence-electron chi connectivity index (χ0n) is 12.0. The minimum atomic E-state index is -0.118. The van der Waals surface area contributed by atoms with Crippen LogP contribution in [0.4, 0.5) is 17.1 Å². The molecule has 0 aliphatic heterocycles. The maximum atomic E-state index is 12.1. The summed E-state index contributed by atoms with van der Waals surface area (Å²) in [5, 5.41) is 6.10. The van der Waals surface area contributed by atoms with Crippen LogP contribution in [0.3, 0.4) is 0 Å². The lowest BCUT2D eigenvalue weighted by molar-refractivity contribution is 0.0956. The molecular formula is C16H18BrN3O. The van der Waals surface area contributed by atoms with Gasteiger partial charge in [0, 0.05) is 22.4 Å². The van der Waals surface area contributed by atoms with E-state index < -0.39 is 0 Å². The maximum absolute atomic E-state index is 12.1. The third kappa shape index (κ3) is 3.76. The molecule has 0 bridgehead atoms. The number of hydrogen-bond acceptors (Lipinski definition) is 3. The monoisotopic (exact) mass is 347 g/mol. The van der Waals surface area contributed by atoms with Crippen molar-refractivity contribution in [2.75, 3.05) is 17.6 Å². The highest BCUT2D eigenvalue weighted by molar-refractivity contribution is 9.10. The number of carbonyl (C=O) groups is 1. The fraction of sp³-hybridized carbons (Fsp3) is 0.188. The van der Waals surface area contributed by atoms with E-state index in [1.807, 2.05) is 32.0 Å². The summed E-state index contributed by atoms with van der Waals surface area (Å²) >= 11 is 3.45. The van der Waals surface area contributed by atoms with Gasteiger partial charge in [0.2, 0.25) is 0 Å². The van der Waals surface area contributed by atoms with Crippen molar-refractivity contribution < 1.29 is 4.79 Å². The van der Waals surface area contributed by atoms with E-state index >= 15 is 0 Å². The number of nitrogens with two attached hydrogens (primary N) is 1. The van der Waals surface area contributed by atoms with Crippen molar-refractivity contribution in [3.63, 3.8) is 0 Å². The summed E-state index contributed by atoms with van der Waals surface area (Å²) in [4.78, 5) is 12.1. The highest BCUT2D eigenvalue weighted by Crippen LogP contribution is 2.27. The Bertz CT molecular complexity index is 671. The first-order chi connectivity index (χ1) is 10.0. The number of anilines is 3. The van der Waals surface area contributed by atoms with E-state index in [1.54, 1.807) is 18.2 Å². The van der Waals surface area contributed by atoms with Gasteiger partial charge in [-0.3, -0.25) is 4.79 Å². The molecule has 0 aliphatic carbocycles. The van der Waals surface area contributed by atoms with Crippen LogP contribution in [0.2, 0.25) is 0 Å². The maximum Gasteiger partial charge on any atom is 0.253 e. The van der Waals surface area contributed by atoms with Gasteiger partial charge in [-0.15, -0.1) is 0 Å². The van der Waals surface area contributed by atoms with Gasteiger partial charge in [0.05, 0.1) is 11.3 Å². The Morgan fingerprint density at radius 3 is 2.67 bits per heavy atom. The molecule has 0 atom stereocenters. The first-order valence-electron chi connectivity index (χ1n) is 6.72. The van der Waals surface area contributed by atoms with Crippen molar-refractivity contribution in [1.29, 1.82) is 0 Å². The van der Waals surface area contributed by atoms with Gasteiger partial charge in [0.15, 0.2) is 0 Å². The van der Waals surface area contributed by atoms with Crippen LogP contribution in [0.25, 0.3) is 0 Å². The van der Waals surface area contributed by atoms with Crippen molar-refractivity contribution in [3.05, 3.63) is 52.0 Å². The van der Waals surface area contributed by atoms with Gasteiger partial charge in [-0.2, -0.15) is 0 Å². The average Bonchev–Trinajstić information content (AvgIpc) is 2.43. The quantitative estimate of drug-likeness (QED) is 0.736. The number of carbonyl (C=O) groups excluding carboxylic acids is 1. The van der Waals surface area contributed by atoms with Gasteiger partial charge in [0.1, 0.15) is 0 Å². The third-order valence-electron chi connectivity index (χ3n) is 3.09. The molecule has 0 radical (unpaired) electrons. The zero-order valence-corrected chi connectivity index (χ0v) is 13.6. The standard InChI is InChI=1S/C16H18BrN3O/c1-3-19-16(21)13-7-6-12(18)9-15(13)20-14-8-11(17)5-4-10(14)2/h4-9,20H,3,18H2,1-2H3,(H,19,21). The lowest BCUT2D eigenvalue weighted by atomic mass is 10.1. The van der Waals surface area contributed by atoms with Crippen LogP contribution in [0.1, 0.15) is 22.8 Å². The Hall–Kier alpha value is -2.01. The van der Waals surface area contributed by atoms with Crippen LogP contribution in [0, 0.1) is 6.92 Å². The smallest absolute Gasteiger partial charge is 0.253 e. The molecule has 4 nitrogen and oxygen atoms in total. The second-order valence-electron chi connectivity index (χ2n) is 4.75. The van der Waals surface area contributed by atoms with Crippen LogP contribution in [0.5, 0.6) is 0 Å². The Kier molecular flexibility index (Phi) is 4.85. The van der Waals surface area contributed by atoms with E-state index in [1.165, 1.54) is 0 Å². The van der Waals surface area contributed by atoms with E-state index in [9.17, 15) is 4.79 Å². The summed E-state index contributed by atoms with van der Waals surface area (Å²) in [5.41, 5.74) is 9.74. The largest absolute Gasteiger partial charge is 0.399 e. The van der Waals surface area contributed by atoms with Crippen molar-refractivity contribution in [2.45, 2.75) is 13.8 Å². The number of amides is 1. The third-order valence-corrected chi connectivity index (χ3v) is 3.59. The molecule has 0 aromatic heterocycles. The van der Waals surface area contributed by atoms with Gasteiger partial charge in [-0.1, -0.05) is 22.0 Å². The lowest BCUT2D eigenvalue weighted by Crippen LogP contribution is -2.23. The van der Waals surface area contributed by atoms with Crippen molar-refractivity contribution in [2.24, 2.45) is 0 Å². The number of nitrogen functional groups attached to an aromatic ring is 1. The van der Waals surface area contributed by atoms with Crippen LogP contribution in [0.15, 0.2) is 40.9 Å². The molecule has 0 fully saturated rings. The minimum Gasteiger partial charge on any atom is -0.399 e. The molecule has 2 aromatic carbocycles. The van der Waals surface area contributed by atoms with E-state index in [0.29, 0.717) is 23.5 Å². The van der Waals surface area contributed by atoms with Gasteiger partial charge >= 0.3 is 0 Å². The molecule has 21 heavy (non-hydrogen) atoms. The SMILES string of the molecule is CCNC(=O)c1ccc(N)cc1Nc1cc(Br)ccc1C. The number of rotatable bonds is 4. The summed E-state index contributed by atoms with van der Waals surface area (Å²) in [6.07, 6.45) is 0. The number of halogens is 1. The first-order valence-corrected chi connectivity index (χ1v) is 7.51. The second kappa shape index (κ2) is 6.63. The predicted octanol–water partition coefficient (Wildman–Crippen LogP) is 3.83. The number of nitrogens with one attached hydrogen (secondary N) is 2. The van der Waals surface area contributed by atoms with Gasteiger partial charge in [-0.25, -0.2) is 0 Å². The van der Waals surface area contributed by atoms with E-state index in [0.717, 1.165) is 15.7 Å². The molecule has 2 aromatic rings. The normalized spacial score (nSPS) is 10.2. The number of aryl methyl sites for hydroxylation is 1. The van der Waals surface area contributed by atoms with Crippen LogP contribution in [-0.4, -0.2) is 12.5 Å². The Labute approximate surface area is 132 Å². The predicted molar refractivity (Wildman–Crippen MR) is 91.0 cm³/mol. The van der Waals surface area contributed by atoms with E-state index in [-0.39, 0.29) is 5.91 Å². The minimum absolute atomic E-state index is 0.118. The summed E-state index contributed by atoms with van der Waals surface area (Å²) in [7, 11) is 0. The summed E-state index contributed by atoms with van der Waals surface area (Å²) in [6, 6.07) is 11.2. The molecule has 1 amide bonds. The molecular weight excluding hydrogens is 330 g/mol. The number of benzene rings is 2. The van der Waals surface area contributed by atoms with Crippen molar-refractivity contribution in [1.82, 2.24) is 5.32 Å². The van der Waals surface area contributed by atoms with Crippen molar-refractivity contribution in [3.8, 4) is 0 Å². The molecule has 0 spiro atoms. The molecule has 5 heteroatoms. The fourth-order valence-corrected chi connectivity index (χ4v) is 2.35.